The number of carbonyl (C=O) groups is 1. The largest absolute Gasteiger partial charge is 0.481 e. The number of hydrogen-bond acceptors (Lipinski definition) is 3. The fourth-order valence-electron chi connectivity index (χ4n) is 2.16. The number of nitrogens with one attached hydrogen (secondary N) is 1. The predicted molar refractivity (Wildman–Crippen MR) is 64.6 cm³/mol. The van der Waals surface area contributed by atoms with Crippen LogP contribution in [0.1, 0.15) is 39.5 Å². The third-order valence-electron chi connectivity index (χ3n) is 3.21. The molecule has 1 saturated heterocycles. The Balaban J connectivity index is 2.34. The van der Waals surface area contributed by atoms with E-state index in [0.29, 0.717) is 18.6 Å². The maximum absolute atomic E-state index is 10.6. The first-order valence-corrected chi connectivity index (χ1v) is 6.29. The molecule has 0 radical (unpaired) electrons. The number of carboxylic acids is 1. The average Bonchev–Trinajstić information content (AvgIpc) is 2.25. The minimum absolute atomic E-state index is 0.241. The molecule has 0 aromatic carbocycles. The Bertz CT molecular complexity index is 213. The van der Waals surface area contributed by atoms with E-state index in [1.807, 2.05) is 0 Å². The molecule has 1 aliphatic heterocycles. The summed E-state index contributed by atoms with van der Waals surface area (Å²) in [5.74, 6) is -0.706. The van der Waals surface area contributed by atoms with E-state index in [1.54, 1.807) is 0 Å². The lowest BCUT2D eigenvalue weighted by atomic mass is 10.0. The second-order valence-electron chi connectivity index (χ2n) is 4.88. The standard InChI is InChI=1S/C12H24N2O2/c1-10(2)14(8-6-12(15)16)9-11-5-3-4-7-13-11/h10-11,13H,3-9H2,1-2H3,(H,15,16). The SMILES string of the molecule is CC(C)N(CCC(=O)O)CC1CCCCN1. The van der Waals surface area contributed by atoms with Crippen LogP contribution in [0.15, 0.2) is 0 Å². The fraction of sp³-hybridized carbons (Fsp3) is 0.917. The molecule has 94 valence electrons. The van der Waals surface area contributed by atoms with Crippen molar-refractivity contribution in [3.63, 3.8) is 0 Å². The molecule has 0 aliphatic carbocycles. The van der Waals surface area contributed by atoms with Gasteiger partial charge in [-0.2, -0.15) is 0 Å². The summed E-state index contributed by atoms with van der Waals surface area (Å²) in [7, 11) is 0. The highest BCUT2D eigenvalue weighted by Gasteiger charge is 2.18. The van der Waals surface area contributed by atoms with Crippen molar-refractivity contribution in [2.24, 2.45) is 0 Å². The summed E-state index contributed by atoms with van der Waals surface area (Å²) in [6.07, 6.45) is 4.02. The van der Waals surface area contributed by atoms with Crippen molar-refractivity contribution in [2.75, 3.05) is 19.6 Å². The van der Waals surface area contributed by atoms with Gasteiger partial charge in [-0.25, -0.2) is 0 Å². The highest BCUT2D eigenvalue weighted by atomic mass is 16.4. The molecule has 0 amide bonds. The van der Waals surface area contributed by atoms with E-state index in [9.17, 15) is 4.79 Å². The molecular formula is C12H24N2O2. The number of nitrogens with zero attached hydrogens (tertiary/aromatic N) is 1. The van der Waals surface area contributed by atoms with E-state index in [0.717, 1.165) is 13.1 Å². The zero-order valence-corrected chi connectivity index (χ0v) is 10.4. The van der Waals surface area contributed by atoms with Crippen molar-refractivity contribution in [2.45, 2.75) is 51.6 Å². The number of piperidine rings is 1. The topological polar surface area (TPSA) is 52.6 Å². The summed E-state index contributed by atoms with van der Waals surface area (Å²) < 4.78 is 0. The van der Waals surface area contributed by atoms with Gasteiger partial charge in [0.05, 0.1) is 6.42 Å². The van der Waals surface area contributed by atoms with Gasteiger partial charge in [-0.15, -0.1) is 0 Å². The van der Waals surface area contributed by atoms with Gasteiger partial charge in [0.25, 0.3) is 0 Å². The highest BCUT2D eigenvalue weighted by molar-refractivity contribution is 5.66. The van der Waals surface area contributed by atoms with Crippen LogP contribution in [0.25, 0.3) is 0 Å². The summed E-state index contributed by atoms with van der Waals surface area (Å²) in [5, 5.41) is 12.2. The van der Waals surface area contributed by atoms with Crippen LogP contribution in [0.3, 0.4) is 0 Å². The fourth-order valence-corrected chi connectivity index (χ4v) is 2.16. The molecule has 1 heterocycles. The second kappa shape index (κ2) is 6.86. The van der Waals surface area contributed by atoms with E-state index in [4.69, 9.17) is 5.11 Å². The first-order chi connectivity index (χ1) is 7.59. The lowest BCUT2D eigenvalue weighted by Gasteiger charge is -2.32. The first-order valence-electron chi connectivity index (χ1n) is 6.29. The lowest BCUT2D eigenvalue weighted by molar-refractivity contribution is -0.137. The van der Waals surface area contributed by atoms with Crippen molar-refractivity contribution < 1.29 is 9.90 Å². The number of carboxylic acid groups (broad SMARTS) is 1. The summed E-state index contributed by atoms with van der Waals surface area (Å²) in [6.45, 7) is 7.00. The zero-order chi connectivity index (χ0) is 12.0. The molecule has 4 nitrogen and oxygen atoms in total. The zero-order valence-electron chi connectivity index (χ0n) is 10.4. The van der Waals surface area contributed by atoms with Crippen LogP contribution in [0.4, 0.5) is 0 Å². The van der Waals surface area contributed by atoms with Gasteiger partial charge in [-0.1, -0.05) is 6.42 Å². The molecule has 1 rings (SSSR count). The Kier molecular flexibility index (Phi) is 5.77. The summed E-state index contributed by atoms with van der Waals surface area (Å²) in [5.41, 5.74) is 0. The smallest absolute Gasteiger partial charge is 0.304 e. The molecule has 16 heavy (non-hydrogen) atoms. The van der Waals surface area contributed by atoms with Crippen LogP contribution in [0.5, 0.6) is 0 Å². The monoisotopic (exact) mass is 228 g/mol. The Labute approximate surface area is 98.0 Å². The van der Waals surface area contributed by atoms with Crippen molar-refractivity contribution in [1.29, 1.82) is 0 Å². The Morgan fingerprint density at radius 3 is 2.75 bits per heavy atom. The Hall–Kier alpha value is -0.610. The van der Waals surface area contributed by atoms with Crippen molar-refractivity contribution in [3.05, 3.63) is 0 Å². The molecular weight excluding hydrogens is 204 g/mol. The maximum Gasteiger partial charge on any atom is 0.304 e. The summed E-state index contributed by atoms with van der Waals surface area (Å²) in [6, 6.07) is 0.966. The van der Waals surface area contributed by atoms with Crippen LogP contribution in [-0.2, 0) is 4.79 Å². The van der Waals surface area contributed by atoms with Gasteiger partial charge in [0.1, 0.15) is 0 Å². The van der Waals surface area contributed by atoms with Crippen LogP contribution >= 0.6 is 0 Å². The van der Waals surface area contributed by atoms with Crippen LogP contribution in [0, 0.1) is 0 Å². The maximum atomic E-state index is 10.6. The molecule has 0 bridgehead atoms. The van der Waals surface area contributed by atoms with Crippen molar-refractivity contribution in [1.82, 2.24) is 10.2 Å². The molecule has 2 N–H and O–H groups in total. The Morgan fingerprint density at radius 2 is 2.25 bits per heavy atom. The molecule has 1 fully saturated rings. The summed E-state index contributed by atoms with van der Waals surface area (Å²) in [4.78, 5) is 12.8. The quantitative estimate of drug-likeness (QED) is 0.720. The number of rotatable bonds is 6. The van der Waals surface area contributed by atoms with E-state index in [2.05, 4.69) is 24.1 Å². The lowest BCUT2D eigenvalue weighted by Crippen LogP contribution is -2.46. The van der Waals surface area contributed by atoms with Gasteiger partial charge >= 0.3 is 5.97 Å². The van der Waals surface area contributed by atoms with Gasteiger partial charge in [-0.05, 0) is 33.2 Å². The van der Waals surface area contributed by atoms with E-state index in [1.165, 1.54) is 19.3 Å². The van der Waals surface area contributed by atoms with Gasteiger partial charge in [0, 0.05) is 25.2 Å². The van der Waals surface area contributed by atoms with Gasteiger partial charge in [0.15, 0.2) is 0 Å². The van der Waals surface area contributed by atoms with Gasteiger partial charge in [-0.3, -0.25) is 9.69 Å². The second-order valence-corrected chi connectivity index (χ2v) is 4.88. The third kappa shape index (κ3) is 4.94. The van der Waals surface area contributed by atoms with Gasteiger partial charge in [0.2, 0.25) is 0 Å². The minimum Gasteiger partial charge on any atom is -0.481 e. The third-order valence-corrected chi connectivity index (χ3v) is 3.21. The van der Waals surface area contributed by atoms with Gasteiger partial charge < -0.3 is 10.4 Å². The van der Waals surface area contributed by atoms with Crippen molar-refractivity contribution >= 4 is 5.97 Å². The summed E-state index contributed by atoms with van der Waals surface area (Å²) >= 11 is 0. The average molecular weight is 228 g/mol. The molecule has 0 aromatic heterocycles. The van der Waals surface area contributed by atoms with E-state index in [-0.39, 0.29) is 6.42 Å². The van der Waals surface area contributed by atoms with E-state index >= 15 is 0 Å². The molecule has 1 atom stereocenters. The molecule has 1 unspecified atom stereocenters. The van der Waals surface area contributed by atoms with E-state index < -0.39 is 5.97 Å². The molecule has 4 heteroatoms. The van der Waals surface area contributed by atoms with Crippen molar-refractivity contribution in [3.8, 4) is 0 Å². The number of hydrogen-bond donors (Lipinski definition) is 2. The predicted octanol–water partition coefficient (Wildman–Crippen LogP) is 1.31. The number of aliphatic carboxylic acids is 1. The molecule has 0 spiro atoms. The Morgan fingerprint density at radius 1 is 1.50 bits per heavy atom. The normalized spacial score (nSPS) is 21.6. The first kappa shape index (κ1) is 13.5. The minimum atomic E-state index is -0.706. The van der Waals surface area contributed by atoms with Crippen LogP contribution in [0.2, 0.25) is 0 Å². The molecule has 1 aliphatic rings. The van der Waals surface area contributed by atoms with Crippen LogP contribution < -0.4 is 5.32 Å². The molecule has 0 aromatic rings. The van der Waals surface area contributed by atoms with Crippen LogP contribution in [-0.4, -0.2) is 47.7 Å². The highest BCUT2D eigenvalue weighted by Crippen LogP contribution is 2.10. The molecule has 0 saturated carbocycles.